The minimum Gasteiger partial charge on any atom is -0.356 e. The molecule has 0 aromatic heterocycles. The first-order chi connectivity index (χ1) is 9.04. The zero-order valence-corrected chi connectivity index (χ0v) is 12.6. The number of amides is 2. The Morgan fingerprint density at radius 3 is 2.74 bits per heavy atom. The van der Waals surface area contributed by atoms with E-state index in [0.717, 1.165) is 38.8 Å². The molecule has 0 aromatic rings. The van der Waals surface area contributed by atoms with Crippen molar-refractivity contribution in [3.8, 4) is 0 Å². The highest BCUT2D eigenvalue weighted by molar-refractivity contribution is 5.81. The highest BCUT2D eigenvalue weighted by atomic mass is 16.2. The van der Waals surface area contributed by atoms with E-state index < -0.39 is 0 Å². The molecule has 1 aliphatic heterocycles. The van der Waals surface area contributed by atoms with Crippen molar-refractivity contribution in [1.82, 2.24) is 10.2 Å². The van der Waals surface area contributed by atoms with Crippen molar-refractivity contribution in [1.29, 1.82) is 0 Å². The Bertz CT molecular complexity index is 303. The van der Waals surface area contributed by atoms with Crippen LogP contribution in [0.4, 0.5) is 0 Å². The van der Waals surface area contributed by atoms with Crippen LogP contribution < -0.4 is 5.32 Å². The van der Waals surface area contributed by atoms with Gasteiger partial charge in [-0.15, -0.1) is 0 Å². The second-order valence-corrected chi connectivity index (χ2v) is 5.90. The van der Waals surface area contributed by atoms with E-state index in [2.05, 4.69) is 19.2 Å². The van der Waals surface area contributed by atoms with Crippen molar-refractivity contribution >= 4 is 11.8 Å². The first kappa shape index (κ1) is 16.0. The number of nitrogens with zero attached hydrogens (tertiary/aromatic N) is 1. The van der Waals surface area contributed by atoms with Crippen LogP contribution in [-0.2, 0) is 9.59 Å². The highest BCUT2D eigenvalue weighted by Gasteiger charge is 2.27. The number of hydrogen-bond donors (Lipinski definition) is 1. The van der Waals surface area contributed by atoms with Gasteiger partial charge in [0.25, 0.3) is 0 Å². The van der Waals surface area contributed by atoms with E-state index in [1.807, 2.05) is 11.8 Å². The Morgan fingerprint density at radius 1 is 1.37 bits per heavy atom. The van der Waals surface area contributed by atoms with E-state index in [1.54, 1.807) is 0 Å². The van der Waals surface area contributed by atoms with Crippen LogP contribution in [-0.4, -0.2) is 36.3 Å². The molecule has 110 valence electrons. The van der Waals surface area contributed by atoms with E-state index in [0.29, 0.717) is 18.9 Å². The Labute approximate surface area is 116 Å². The number of piperidine rings is 1. The summed E-state index contributed by atoms with van der Waals surface area (Å²) in [7, 11) is 0. The number of nitrogens with one attached hydrogen (secondary N) is 1. The summed E-state index contributed by atoms with van der Waals surface area (Å²) in [5.41, 5.74) is 0. The van der Waals surface area contributed by atoms with Crippen LogP contribution in [0.25, 0.3) is 0 Å². The summed E-state index contributed by atoms with van der Waals surface area (Å²) in [6.07, 6.45) is 4.35. The van der Waals surface area contributed by atoms with Gasteiger partial charge in [0.05, 0.1) is 5.92 Å². The largest absolute Gasteiger partial charge is 0.356 e. The Kier molecular flexibility index (Phi) is 6.89. The second kappa shape index (κ2) is 8.18. The summed E-state index contributed by atoms with van der Waals surface area (Å²) in [6, 6.07) is 0. The number of hydrogen-bond acceptors (Lipinski definition) is 2. The van der Waals surface area contributed by atoms with Crippen molar-refractivity contribution in [2.24, 2.45) is 11.8 Å². The molecule has 1 fully saturated rings. The van der Waals surface area contributed by atoms with E-state index >= 15 is 0 Å². The predicted molar refractivity (Wildman–Crippen MR) is 76.7 cm³/mol. The number of likely N-dealkylation sites (tertiary alicyclic amines) is 1. The van der Waals surface area contributed by atoms with Crippen molar-refractivity contribution in [3.63, 3.8) is 0 Å². The van der Waals surface area contributed by atoms with Crippen LogP contribution in [0.1, 0.15) is 52.9 Å². The highest BCUT2D eigenvalue weighted by Crippen LogP contribution is 2.18. The van der Waals surface area contributed by atoms with Crippen LogP contribution in [0, 0.1) is 11.8 Å². The zero-order valence-electron chi connectivity index (χ0n) is 12.6. The fourth-order valence-corrected chi connectivity index (χ4v) is 2.38. The molecule has 1 N–H and O–H groups in total. The monoisotopic (exact) mass is 268 g/mol. The van der Waals surface area contributed by atoms with Crippen molar-refractivity contribution in [2.45, 2.75) is 52.9 Å². The third kappa shape index (κ3) is 5.62. The first-order valence-corrected chi connectivity index (χ1v) is 7.60. The van der Waals surface area contributed by atoms with Gasteiger partial charge >= 0.3 is 0 Å². The summed E-state index contributed by atoms with van der Waals surface area (Å²) in [5.74, 6) is 0.866. The molecule has 1 atom stereocenters. The van der Waals surface area contributed by atoms with Crippen LogP contribution in [0.15, 0.2) is 0 Å². The summed E-state index contributed by atoms with van der Waals surface area (Å²) < 4.78 is 0. The molecule has 0 radical (unpaired) electrons. The van der Waals surface area contributed by atoms with E-state index in [4.69, 9.17) is 0 Å². The molecule has 4 nitrogen and oxygen atoms in total. The number of carbonyl (C=O) groups excluding carboxylic acids is 2. The van der Waals surface area contributed by atoms with Crippen LogP contribution in [0.3, 0.4) is 0 Å². The van der Waals surface area contributed by atoms with Crippen LogP contribution in [0.2, 0.25) is 0 Å². The van der Waals surface area contributed by atoms with Gasteiger partial charge in [-0.05, 0) is 31.6 Å². The lowest BCUT2D eigenvalue weighted by atomic mass is 9.96. The number of carbonyl (C=O) groups is 2. The Hall–Kier alpha value is -1.06. The molecule has 4 heteroatoms. The molecule has 0 aliphatic carbocycles. The molecule has 0 aromatic carbocycles. The Balaban J connectivity index is 2.40. The van der Waals surface area contributed by atoms with E-state index in [9.17, 15) is 9.59 Å². The lowest BCUT2D eigenvalue weighted by Gasteiger charge is -2.32. The van der Waals surface area contributed by atoms with E-state index in [1.165, 1.54) is 0 Å². The van der Waals surface area contributed by atoms with Gasteiger partial charge in [-0.1, -0.05) is 20.8 Å². The summed E-state index contributed by atoms with van der Waals surface area (Å²) in [4.78, 5) is 25.9. The molecular weight excluding hydrogens is 240 g/mol. The maximum Gasteiger partial charge on any atom is 0.224 e. The summed E-state index contributed by atoms with van der Waals surface area (Å²) in [5, 5.41) is 2.93. The number of rotatable bonds is 6. The van der Waals surface area contributed by atoms with Crippen molar-refractivity contribution in [3.05, 3.63) is 0 Å². The fraction of sp³-hybridized carbons (Fsp3) is 0.867. The lowest BCUT2D eigenvalue weighted by molar-refractivity contribution is -0.135. The quantitative estimate of drug-likeness (QED) is 0.802. The zero-order chi connectivity index (χ0) is 14.3. The Morgan fingerprint density at radius 2 is 2.11 bits per heavy atom. The first-order valence-electron chi connectivity index (χ1n) is 7.60. The van der Waals surface area contributed by atoms with Gasteiger partial charge in [-0.2, -0.15) is 0 Å². The maximum absolute atomic E-state index is 12.1. The average Bonchev–Trinajstić information content (AvgIpc) is 2.42. The topological polar surface area (TPSA) is 49.4 Å². The van der Waals surface area contributed by atoms with Crippen molar-refractivity contribution in [2.75, 3.05) is 19.6 Å². The average molecular weight is 268 g/mol. The molecule has 1 heterocycles. The minimum atomic E-state index is -0.0108. The molecular formula is C15H28N2O2. The molecule has 0 saturated carbocycles. The second-order valence-electron chi connectivity index (χ2n) is 5.90. The molecule has 19 heavy (non-hydrogen) atoms. The maximum atomic E-state index is 12.1. The molecule has 0 bridgehead atoms. The predicted octanol–water partition coefficient (Wildman–Crippen LogP) is 2.19. The summed E-state index contributed by atoms with van der Waals surface area (Å²) in [6.45, 7) is 8.45. The third-order valence-electron chi connectivity index (χ3n) is 3.63. The minimum absolute atomic E-state index is 0.0108. The molecule has 1 rings (SSSR count). The van der Waals surface area contributed by atoms with Crippen LogP contribution >= 0.6 is 0 Å². The standard InChI is InChI=1S/C15H28N2O2/c1-4-9-16-15(19)13-6-5-10-17(11-13)14(18)8-7-12(2)3/h12-13H,4-11H2,1-3H3,(H,16,19). The normalized spacial score (nSPS) is 19.6. The van der Waals surface area contributed by atoms with E-state index in [-0.39, 0.29) is 17.7 Å². The molecule has 0 spiro atoms. The lowest BCUT2D eigenvalue weighted by Crippen LogP contribution is -2.45. The molecule has 2 amide bonds. The van der Waals surface area contributed by atoms with Gasteiger partial charge in [-0.3, -0.25) is 9.59 Å². The van der Waals surface area contributed by atoms with Crippen molar-refractivity contribution < 1.29 is 9.59 Å². The molecule has 1 aliphatic rings. The molecule has 1 unspecified atom stereocenters. The SMILES string of the molecule is CCCNC(=O)C1CCCN(C(=O)CCC(C)C)C1. The van der Waals surface area contributed by atoms with Gasteiger partial charge in [0.2, 0.25) is 11.8 Å². The van der Waals surface area contributed by atoms with Gasteiger partial charge in [0.1, 0.15) is 0 Å². The fourth-order valence-electron chi connectivity index (χ4n) is 2.38. The molecule has 1 saturated heterocycles. The van der Waals surface area contributed by atoms with Crippen LogP contribution in [0.5, 0.6) is 0 Å². The van der Waals surface area contributed by atoms with Gasteiger partial charge in [-0.25, -0.2) is 0 Å². The van der Waals surface area contributed by atoms with Gasteiger partial charge in [0, 0.05) is 26.1 Å². The summed E-state index contributed by atoms with van der Waals surface area (Å²) >= 11 is 0. The third-order valence-corrected chi connectivity index (χ3v) is 3.63. The van der Waals surface area contributed by atoms with Gasteiger partial charge in [0.15, 0.2) is 0 Å². The van der Waals surface area contributed by atoms with Gasteiger partial charge < -0.3 is 10.2 Å². The smallest absolute Gasteiger partial charge is 0.224 e.